The molecule has 6 heteroatoms. The van der Waals surface area contributed by atoms with E-state index in [1.54, 1.807) is 14.2 Å². The number of benzene rings is 1. The third-order valence-electron chi connectivity index (χ3n) is 7.65. The Labute approximate surface area is 219 Å². The topological polar surface area (TPSA) is 77.0 Å². The van der Waals surface area contributed by atoms with E-state index in [1.807, 2.05) is 6.07 Å². The van der Waals surface area contributed by atoms with Crippen LogP contribution in [0.15, 0.2) is 18.2 Å². The van der Waals surface area contributed by atoms with E-state index >= 15 is 0 Å². The number of methoxy groups -OCH3 is 2. The predicted octanol–water partition coefficient (Wildman–Crippen LogP) is 5.50. The first-order chi connectivity index (χ1) is 17.2. The van der Waals surface area contributed by atoms with Crippen LogP contribution in [0.4, 0.5) is 0 Å². The smallest absolute Gasteiger partial charge is 0.223 e. The van der Waals surface area contributed by atoms with Gasteiger partial charge in [-0.15, -0.1) is 0 Å². The van der Waals surface area contributed by atoms with E-state index in [9.17, 15) is 9.90 Å². The first-order valence-corrected chi connectivity index (χ1v) is 13.9. The third-order valence-corrected chi connectivity index (χ3v) is 7.65. The van der Waals surface area contributed by atoms with E-state index in [1.165, 1.54) is 18.4 Å². The highest BCUT2D eigenvalue weighted by Crippen LogP contribution is 2.33. The first-order valence-electron chi connectivity index (χ1n) is 13.9. The summed E-state index contributed by atoms with van der Waals surface area (Å²) in [4.78, 5) is 12.8. The summed E-state index contributed by atoms with van der Waals surface area (Å²) in [6, 6.07) is 6.17. The van der Waals surface area contributed by atoms with Gasteiger partial charge in [-0.05, 0) is 79.4 Å². The van der Waals surface area contributed by atoms with E-state index in [2.05, 4.69) is 52.1 Å². The summed E-state index contributed by atoms with van der Waals surface area (Å²) < 4.78 is 16.6. The molecule has 1 amide bonds. The fraction of sp³-hybridized carbons (Fsp3) is 0.767. The molecule has 0 spiro atoms. The van der Waals surface area contributed by atoms with Gasteiger partial charge in [-0.3, -0.25) is 4.79 Å². The van der Waals surface area contributed by atoms with Gasteiger partial charge in [0.15, 0.2) is 11.5 Å². The fourth-order valence-corrected chi connectivity index (χ4v) is 4.75. The largest absolute Gasteiger partial charge is 0.493 e. The van der Waals surface area contributed by atoms with E-state index in [4.69, 9.17) is 14.2 Å². The third kappa shape index (κ3) is 10.3. The van der Waals surface area contributed by atoms with Crippen molar-refractivity contribution in [1.82, 2.24) is 5.32 Å². The average Bonchev–Trinajstić information content (AvgIpc) is 3.67. The van der Waals surface area contributed by atoms with Gasteiger partial charge in [0.1, 0.15) is 0 Å². The van der Waals surface area contributed by atoms with Gasteiger partial charge in [0.05, 0.1) is 19.8 Å². The number of hydrogen-bond donors (Lipinski definition) is 2. The molecule has 4 atom stereocenters. The van der Waals surface area contributed by atoms with Gasteiger partial charge in [-0.1, -0.05) is 40.7 Å². The molecule has 1 saturated carbocycles. The van der Waals surface area contributed by atoms with Crippen molar-refractivity contribution in [3.63, 3.8) is 0 Å². The number of ether oxygens (including phenoxy) is 3. The molecule has 0 radical (unpaired) electrons. The van der Waals surface area contributed by atoms with Gasteiger partial charge in [0.2, 0.25) is 5.91 Å². The van der Waals surface area contributed by atoms with Crippen LogP contribution in [0.2, 0.25) is 0 Å². The highest BCUT2D eigenvalue weighted by atomic mass is 16.5. The molecule has 36 heavy (non-hydrogen) atoms. The summed E-state index contributed by atoms with van der Waals surface area (Å²) in [6.45, 7) is 12.8. The monoisotopic (exact) mass is 505 g/mol. The summed E-state index contributed by atoms with van der Waals surface area (Å²) in [7, 11) is 3.35. The Bertz CT molecular complexity index is 777. The van der Waals surface area contributed by atoms with Crippen molar-refractivity contribution in [1.29, 1.82) is 0 Å². The van der Waals surface area contributed by atoms with Crippen molar-refractivity contribution in [2.24, 2.45) is 35.5 Å². The van der Waals surface area contributed by atoms with Crippen LogP contribution in [-0.4, -0.2) is 51.1 Å². The molecule has 2 rings (SSSR count). The molecule has 1 aromatic rings. The Morgan fingerprint density at radius 3 is 2.33 bits per heavy atom. The number of rotatable bonds is 18. The van der Waals surface area contributed by atoms with Crippen LogP contribution in [0.25, 0.3) is 0 Å². The number of hydrogen-bond acceptors (Lipinski definition) is 5. The van der Waals surface area contributed by atoms with Gasteiger partial charge < -0.3 is 24.6 Å². The summed E-state index contributed by atoms with van der Waals surface area (Å²) >= 11 is 0. The molecular formula is C30H51NO5. The quantitative estimate of drug-likeness (QED) is 0.258. The lowest BCUT2D eigenvalue weighted by Gasteiger charge is -2.30. The Balaban J connectivity index is 1.98. The van der Waals surface area contributed by atoms with Crippen LogP contribution >= 0.6 is 0 Å². The Morgan fingerprint density at radius 1 is 1.03 bits per heavy atom. The van der Waals surface area contributed by atoms with Gasteiger partial charge in [0.25, 0.3) is 0 Å². The van der Waals surface area contributed by atoms with E-state index in [0.29, 0.717) is 37.4 Å². The zero-order chi connectivity index (χ0) is 26.7. The molecule has 0 aromatic heterocycles. The van der Waals surface area contributed by atoms with Crippen LogP contribution in [0, 0.1) is 35.5 Å². The van der Waals surface area contributed by atoms with Gasteiger partial charge in [-0.2, -0.15) is 0 Å². The zero-order valence-corrected chi connectivity index (χ0v) is 23.7. The van der Waals surface area contributed by atoms with Crippen molar-refractivity contribution < 1.29 is 24.1 Å². The van der Waals surface area contributed by atoms with Crippen LogP contribution in [0.1, 0.15) is 72.3 Å². The predicted molar refractivity (Wildman–Crippen MR) is 145 cm³/mol. The van der Waals surface area contributed by atoms with Crippen molar-refractivity contribution in [3.05, 3.63) is 23.8 Å². The SMILES string of the molecule is COCCCOc1cc(C[C@@H](C[C@H](C)[C@@H](O)CC(C(=O)NCC2CC2)C(C)C)C(C)C)ccc1OC. The molecule has 206 valence electrons. The maximum atomic E-state index is 12.8. The first kappa shape index (κ1) is 30.4. The minimum absolute atomic E-state index is 0.0971. The minimum atomic E-state index is -0.499. The highest BCUT2D eigenvalue weighted by molar-refractivity contribution is 5.78. The maximum absolute atomic E-state index is 12.8. The fourth-order valence-electron chi connectivity index (χ4n) is 4.75. The standard InChI is InChI=1S/C30H51NO5/c1-20(2)25(16-24-11-12-28(35-7)29(17-24)36-14-8-13-34-6)15-22(5)27(32)18-26(21(3)4)30(33)31-19-23-9-10-23/h11-12,17,20-23,25-27,32H,8-10,13-16,18-19H2,1-7H3,(H,31,33)/t22-,25+,26?,27-/m0/s1. The highest BCUT2D eigenvalue weighted by Gasteiger charge is 2.30. The van der Waals surface area contributed by atoms with Crippen LogP contribution < -0.4 is 14.8 Å². The van der Waals surface area contributed by atoms with Crippen LogP contribution in [0.5, 0.6) is 11.5 Å². The number of carbonyl (C=O) groups excluding carboxylic acids is 1. The van der Waals surface area contributed by atoms with E-state index in [0.717, 1.165) is 37.3 Å². The number of amides is 1. The number of nitrogens with one attached hydrogen (secondary N) is 1. The number of aliphatic hydroxyl groups is 1. The lowest BCUT2D eigenvalue weighted by molar-refractivity contribution is -0.128. The van der Waals surface area contributed by atoms with Crippen molar-refractivity contribution >= 4 is 5.91 Å². The molecule has 0 saturated heterocycles. The Morgan fingerprint density at radius 2 is 1.75 bits per heavy atom. The molecule has 6 nitrogen and oxygen atoms in total. The second-order valence-electron chi connectivity index (χ2n) is 11.4. The summed E-state index contributed by atoms with van der Waals surface area (Å²) in [5, 5.41) is 14.2. The molecule has 2 N–H and O–H groups in total. The lowest BCUT2D eigenvalue weighted by Crippen LogP contribution is -2.38. The second kappa shape index (κ2) is 15.5. The maximum Gasteiger partial charge on any atom is 0.223 e. The van der Waals surface area contributed by atoms with Gasteiger partial charge in [-0.25, -0.2) is 0 Å². The zero-order valence-electron chi connectivity index (χ0n) is 23.7. The van der Waals surface area contributed by atoms with Gasteiger partial charge >= 0.3 is 0 Å². The Hall–Kier alpha value is -1.79. The Kier molecular flexibility index (Phi) is 13.1. The normalized spacial score (nSPS) is 17.1. The lowest BCUT2D eigenvalue weighted by atomic mass is 9.78. The number of aliphatic hydroxyl groups excluding tert-OH is 1. The van der Waals surface area contributed by atoms with E-state index in [-0.39, 0.29) is 23.7 Å². The summed E-state index contributed by atoms with van der Waals surface area (Å²) in [5.74, 6) is 3.29. The van der Waals surface area contributed by atoms with Crippen LogP contribution in [0.3, 0.4) is 0 Å². The molecule has 1 fully saturated rings. The van der Waals surface area contributed by atoms with Crippen molar-refractivity contribution in [3.8, 4) is 11.5 Å². The van der Waals surface area contributed by atoms with Gasteiger partial charge in [0, 0.05) is 32.6 Å². The molecule has 1 aliphatic rings. The number of carbonyl (C=O) groups is 1. The molecule has 0 aliphatic heterocycles. The van der Waals surface area contributed by atoms with Crippen molar-refractivity contribution in [2.75, 3.05) is 34.0 Å². The molecule has 1 unspecified atom stereocenters. The second-order valence-corrected chi connectivity index (χ2v) is 11.4. The molecular weight excluding hydrogens is 454 g/mol. The average molecular weight is 506 g/mol. The summed E-state index contributed by atoms with van der Waals surface area (Å²) in [5.41, 5.74) is 1.21. The minimum Gasteiger partial charge on any atom is -0.493 e. The molecule has 0 heterocycles. The molecule has 1 aliphatic carbocycles. The summed E-state index contributed by atoms with van der Waals surface area (Å²) in [6.07, 6.45) is 5.09. The molecule has 1 aromatic carbocycles. The van der Waals surface area contributed by atoms with Crippen LogP contribution in [-0.2, 0) is 16.0 Å². The van der Waals surface area contributed by atoms with Crippen molar-refractivity contribution in [2.45, 2.75) is 79.2 Å². The molecule has 0 bridgehead atoms. The van der Waals surface area contributed by atoms with E-state index < -0.39 is 6.10 Å².